The lowest BCUT2D eigenvalue weighted by molar-refractivity contribution is 0.928. The Bertz CT molecular complexity index is 462. The summed E-state index contributed by atoms with van der Waals surface area (Å²) in [5.74, 6) is 0. The number of hydrogen-bond donors (Lipinski definition) is 1. The van der Waals surface area contributed by atoms with Crippen molar-refractivity contribution in [3.8, 4) is 0 Å². The molecule has 2 aromatic rings. The van der Waals surface area contributed by atoms with Crippen LogP contribution in [0.15, 0.2) is 22.9 Å². The molecule has 0 unspecified atom stereocenters. The van der Waals surface area contributed by atoms with E-state index in [2.05, 4.69) is 40.1 Å². The number of pyridine rings is 1. The smallest absolute Gasteiger partial charge is 0.137 e. The van der Waals surface area contributed by atoms with Gasteiger partial charge in [-0.05, 0) is 41.0 Å². The molecule has 0 atom stereocenters. The summed E-state index contributed by atoms with van der Waals surface area (Å²) in [4.78, 5) is 4.48. The molecule has 0 fully saturated rings. The first-order valence-electron chi connectivity index (χ1n) is 4.55. The van der Waals surface area contributed by atoms with E-state index in [1.807, 2.05) is 10.5 Å². The lowest BCUT2D eigenvalue weighted by Gasteiger charge is -1.96. The van der Waals surface area contributed by atoms with Crippen molar-refractivity contribution in [3.05, 3.63) is 34.2 Å². The molecule has 0 aromatic carbocycles. The fourth-order valence-electron chi connectivity index (χ4n) is 1.47. The van der Waals surface area contributed by atoms with Gasteiger partial charge >= 0.3 is 0 Å². The van der Waals surface area contributed by atoms with E-state index >= 15 is 0 Å². The number of halogens is 1. The molecule has 2 aromatic heterocycles. The van der Waals surface area contributed by atoms with Crippen LogP contribution in [-0.4, -0.2) is 15.9 Å². The van der Waals surface area contributed by atoms with Gasteiger partial charge in [-0.15, -0.1) is 0 Å². The quantitative estimate of drug-likeness (QED) is 0.889. The van der Waals surface area contributed by atoms with Gasteiger partial charge in [0.15, 0.2) is 0 Å². The molecule has 0 spiro atoms. The first-order valence-corrected chi connectivity index (χ1v) is 5.35. The molecule has 0 radical (unpaired) electrons. The number of imidazole rings is 1. The molecule has 2 N–H and O–H groups in total. The Morgan fingerprint density at radius 2 is 2.29 bits per heavy atom. The van der Waals surface area contributed by atoms with E-state index in [1.165, 1.54) is 5.56 Å². The number of hydrogen-bond acceptors (Lipinski definition) is 2. The molecule has 2 heterocycles. The van der Waals surface area contributed by atoms with Crippen molar-refractivity contribution in [2.75, 3.05) is 6.54 Å². The van der Waals surface area contributed by atoms with E-state index in [1.54, 1.807) is 0 Å². The molecule has 0 aliphatic carbocycles. The lowest BCUT2D eigenvalue weighted by atomic mass is 10.3. The van der Waals surface area contributed by atoms with Crippen molar-refractivity contribution in [1.82, 2.24) is 9.38 Å². The van der Waals surface area contributed by atoms with Gasteiger partial charge in [0.05, 0.1) is 5.69 Å². The highest BCUT2D eigenvalue weighted by Crippen LogP contribution is 2.19. The monoisotopic (exact) mass is 253 g/mol. The van der Waals surface area contributed by atoms with E-state index in [-0.39, 0.29) is 0 Å². The lowest BCUT2D eigenvalue weighted by Crippen LogP contribution is -2.03. The van der Waals surface area contributed by atoms with Gasteiger partial charge in [-0.3, -0.25) is 4.40 Å². The van der Waals surface area contributed by atoms with Crippen molar-refractivity contribution in [3.63, 3.8) is 0 Å². The summed E-state index contributed by atoms with van der Waals surface area (Å²) >= 11 is 3.53. The van der Waals surface area contributed by atoms with Crippen molar-refractivity contribution < 1.29 is 0 Å². The molecule has 0 bridgehead atoms. The SMILES string of the molecule is Cc1ccc2nc(CCN)c(Br)n2c1. The second kappa shape index (κ2) is 3.71. The van der Waals surface area contributed by atoms with Gasteiger partial charge in [-0.25, -0.2) is 4.98 Å². The maximum atomic E-state index is 5.51. The van der Waals surface area contributed by atoms with Crippen LogP contribution >= 0.6 is 15.9 Å². The third-order valence-electron chi connectivity index (χ3n) is 2.16. The number of fused-ring (bicyclic) bond motifs is 1. The molecular weight excluding hydrogens is 242 g/mol. The average molecular weight is 254 g/mol. The van der Waals surface area contributed by atoms with Crippen LogP contribution in [0.1, 0.15) is 11.3 Å². The molecule has 3 nitrogen and oxygen atoms in total. The molecule has 74 valence electrons. The highest BCUT2D eigenvalue weighted by atomic mass is 79.9. The van der Waals surface area contributed by atoms with Crippen LogP contribution in [0.2, 0.25) is 0 Å². The largest absolute Gasteiger partial charge is 0.330 e. The maximum Gasteiger partial charge on any atom is 0.137 e. The minimum absolute atomic E-state index is 0.626. The van der Waals surface area contributed by atoms with Crippen molar-refractivity contribution in [2.24, 2.45) is 5.73 Å². The zero-order chi connectivity index (χ0) is 10.1. The fraction of sp³-hybridized carbons (Fsp3) is 0.300. The number of nitrogens with two attached hydrogens (primary N) is 1. The van der Waals surface area contributed by atoms with Crippen LogP contribution in [0.25, 0.3) is 5.65 Å². The Labute approximate surface area is 91.1 Å². The van der Waals surface area contributed by atoms with Gasteiger partial charge in [-0.2, -0.15) is 0 Å². The van der Waals surface area contributed by atoms with Crippen LogP contribution in [-0.2, 0) is 6.42 Å². The normalized spacial score (nSPS) is 11.1. The van der Waals surface area contributed by atoms with E-state index < -0.39 is 0 Å². The highest BCUT2D eigenvalue weighted by molar-refractivity contribution is 9.10. The van der Waals surface area contributed by atoms with Gasteiger partial charge in [0.1, 0.15) is 10.3 Å². The van der Waals surface area contributed by atoms with E-state index in [0.29, 0.717) is 6.54 Å². The second-order valence-corrected chi connectivity index (χ2v) is 4.07. The van der Waals surface area contributed by atoms with Crippen molar-refractivity contribution >= 4 is 21.6 Å². The van der Waals surface area contributed by atoms with Crippen LogP contribution < -0.4 is 5.73 Å². The van der Waals surface area contributed by atoms with Gasteiger partial charge < -0.3 is 5.73 Å². The summed E-state index contributed by atoms with van der Waals surface area (Å²) in [6.45, 7) is 2.69. The second-order valence-electron chi connectivity index (χ2n) is 3.32. The maximum absolute atomic E-state index is 5.51. The van der Waals surface area contributed by atoms with Gasteiger partial charge in [0.2, 0.25) is 0 Å². The molecule has 2 rings (SSSR count). The molecule has 0 saturated heterocycles. The minimum atomic E-state index is 0.626. The Hall–Kier alpha value is -0.870. The van der Waals surface area contributed by atoms with E-state index in [0.717, 1.165) is 22.4 Å². The molecule has 0 amide bonds. The summed E-state index contributed by atoms with van der Waals surface area (Å²) in [5, 5.41) is 0. The van der Waals surface area contributed by atoms with Gasteiger partial charge in [0, 0.05) is 12.6 Å². The molecular formula is C10H12BrN3. The first kappa shape index (κ1) is 9.68. The van der Waals surface area contributed by atoms with Crippen LogP contribution in [0.5, 0.6) is 0 Å². The molecule has 0 aliphatic heterocycles. The Kier molecular flexibility index (Phi) is 2.56. The predicted molar refractivity (Wildman–Crippen MR) is 60.4 cm³/mol. The fourth-order valence-corrected chi connectivity index (χ4v) is 2.04. The summed E-state index contributed by atoms with van der Waals surface area (Å²) < 4.78 is 3.06. The van der Waals surface area contributed by atoms with Gasteiger partial charge in [0.25, 0.3) is 0 Å². The third kappa shape index (κ3) is 1.55. The highest BCUT2D eigenvalue weighted by Gasteiger charge is 2.07. The number of aromatic nitrogens is 2. The predicted octanol–water partition coefficient (Wildman–Crippen LogP) is 1.91. The van der Waals surface area contributed by atoms with Crippen LogP contribution in [0.4, 0.5) is 0 Å². The number of nitrogens with zero attached hydrogens (tertiary/aromatic N) is 2. The average Bonchev–Trinajstić information content (AvgIpc) is 2.46. The molecule has 4 heteroatoms. The molecule has 0 saturated carbocycles. The topological polar surface area (TPSA) is 43.3 Å². The van der Waals surface area contributed by atoms with Crippen LogP contribution in [0, 0.1) is 6.92 Å². The first-order chi connectivity index (χ1) is 6.72. The van der Waals surface area contributed by atoms with Crippen molar-refractivity contribution in [2.45, 2.75) is 13.3 Å². The van der Waals surface area contributed by atoms with Crippen LogP contribution in [0.3, 0.4) is 0 Å². The standard InChI is InChI=1S/C10H12BrN3/c1-7-2-3-9-13-8(4-5-12)10(11)14(9)6-7/h2-3,6H,4-5,12H2,1H3. The summed E-state index contributed by atoms with van der Waals surface area (Å²) in [6.07, 6.45) is 2.87. The Balaban J connectivity index is 2.62. The van der Waals surface area contributed by atoms with Gasteiger partial charge in [-0.1, -0.05) is 6.07 Å². The van der Waals surface area contributed by atoms with Crippen molar-refractivity contribution in [1.29, 1.82) is 0 Å². The summed E-state index contributed by atoms with van der Waals surface area (Å²) in [5.41, 5.74) is 8.72. The minimum Gasteiger partial charge on any atom is -0.330 e. The van der Waals surface area contributed by atoms with E-state index in [9.17, 15) is 0 Å². The Morgan fingerprint density at radius 1 is 1.50 bits per heavy atom. The third-order valence-corrected chi connectivity index (χ3v) is 2.99. The van der Waals surface area contributed by atoms with E-state index in [4.69, 9.17) is 5.73 Å². The zero-order valence-corrected chi connectivity index (χ0v) is 9.58. The summed E-state index contributed by atoms with van der Waals surface area (Å²) in [6, 6.07) is 4.07. The number of rotatable bonds is 2. The Morgan fingerprint density at radius 3 is 3.00 bits per heavy atom. The molecule has 0 aliphatic rings. The zero-order valence-electron chi connectivity index (χ0n) is 8.00. The number of aryl methyl sites for hydroxylation is 1. The molecule has 14 heavy (non-hydrogen) atoms. The summed E-state index contributed by atoms with van der Waals surface area (Å²) in [7, 11) is 0.